The zero-order valence-corrected chi connectivity index (χ0v) is 12.7. The molecule has 120 valence electrons. The Kier molecular flexibility index (Phi) is 5.91. The molecule has 0 aliphatic carbocycles. The number of nitrogens with zero attached hydrogens (tertiary/aromatic N) is 1. The van der Waals surface area contributed by atoms with Crippen LogP contribution < -0.4 is 5.32 Å². The molecule has 0 saturated carbocycles. The highest BCUT2D eigenvalue weighted by molar-refractivity contribution is 5.85. The Morgan fingerprint density at radius 2 is 1.95 bits per heavy atom. The molecule has 1 aromatic carbocycles. The van der Waals surface area contributed by atoms with Gasteiger partial charge < -0.3 is 15.2 Å². The van der Waals surface area contributed by atoms with Crippen LogP contribution in [0.4, 0.5) is 0 Å². The van der Waals surface area contributed by atoms with Crippen LogP contribution >= 0.6 is 0 Å². The van der Waals surface area contributed by atoms with Crippen molar-refractivity contribution in [2.75, 3.05) is 33.4 Å². The van der Waals surface area contributed by atoms with Crippen LogP contribution in [0.15, 0.2) is 30.3 Å². The second-order valence-corrected chi connectivity index (χ2v) is 5.51. The van der Waals surface area contributed by atoms with Crippen molar-refractivity contribution in [3.8, 4) is 0 Å². The molecule has 0 aromatic heterocycles. The van der Waals surface area contributed by atoms with Crippen molar-refractivity contribution in [2.24, 2.45) is 11.8 Å². The van der Waals surface area contributed by atoms with E-state index in [4.69, 9.17) is 4.74 Å². The second kappa shape index (κ2) is 7.91. The van der Waals surface area contributed by atoms with E-state index < -0.39 is 17.8 Å². The third-order valence-electron chi connectivity index (χ3n) is 3.90. The van der Waals surface area contributed by atoms with Crippen molar-refractivity contribution in [3.05, 3.63) is 35.9 Å². The average Bonchev–Trinajstić information content (AvgIpc) is 2.92. The Morgan fingerprint density at radius 3 is 2.59 bits per heavy atom. The fourth-order valence-corrected chi connectivity index (χ4v) is 2.78. The van der Waals surface area contributed by atoms with Crippen LogP contribution in [0.5, 0.6) is 0 Å². The van der Waals surface area contributed by atoms with Crippen molar-refractivity contribution in [1.82, 2.24) is 10.2 Å². The Labute approximate surface area is 130 Å². The van der Waals surface area contributed by atoms with E-state index in [1.54, 1.807) is 7.11 Å². The summed E-state index contributed by atoms with van der Waals surface area (Å²) in [4.78, 5) is 25.6. The van der Waals surface area contributed by atoms with Crippen LogP contribution in [-0.2, 0) is 20.9 Å². The van der Waals surface area contributed by atoms with Crippen molar-refractivity contribution >= 4 is 11.9 Å². The number of carbonyl (C=O) groups excluding carboxylic acids is 1. The van der Waals surface area contributed by atoms with E-state index in [1.807, 2.05) is 35.2 Å². The molecular weight excluding hydrogens is 284 g/mol. The summed E-state index contributed by atoms with van der Waals surface area (Å²) in [6.07, 6.45) is 0. The first-order chi connectivity index (χ1) is 10.6. The van der Waals surface area contributed by atoms with E-state index >= 15 is 0 Å². The molecule has 1 heterocycles. The fraction of sp³-hybridized carbons (Fsp3) is 0.500. The van der Waals surface area contributed by atoms with Crippen LogP contribution in [0.1, 0.15) is 5.56 Å². The number of carboxylic acid groups (broad SMARTS) is 1. The minimum Gasteiger partial charge on any atom is -0.481 e. The van der Waals surface area contributed by atoms with Gasteiger partial charge in [-0.2, -0.15) is 0 Å². The molecule has 6 heteroatoms. The zero-order valence-electron chi connectivity index (χ0n) is 12.7. The van der Waals surface area contributed by atoms with Gasteiger partial charge in [-0.15, -0.1) is 0 Å². The highest BCUT2D eigenvalue weighted by atomic mass is 16.5. The molecule has 1 saturated heterocycles. The molecule has 1 fully saturated rings. The largest absolute Gasteiger partial charge is 0.481 e. The molecule has 1 aromatic rings. The van der Waals surface area contributed by atoms with Crippen molar-refractivity contribution in [3.63, 3.8) is 0 Å². The molecule has 0 spiro atoms. The molecule has 1 aliphatic heterocycles. The number of hydrogen-bond acceptors (Lipinski definition) is 4. The Morgan fingerprint density at radius 1 is 1.27 bits per heavy atom. The summed E-state index contributed by atoms with van der Waals surface area (Å²) in [6, 6.07) is 9.85. The van der Waals surface area contributed by atoms with Gasteiger partial charge in [-0.3, -0.25) is 14.5 Å². The van der Waals surface area contributed by atoms with Crippen molar-refractivity contribution in [2.45, 2.75) is 6.54 Å². The minimum absolute atomic E-state index is 0.208. The van der Waals surface area contributed by atoms with Crippen molar-refractivity contribution in [1.29, 1.82) is 0 Å². The molecule has 2 atom stereocenters. The first-order valence-electron chi connectivity index (χ1n) is 7.37. The maximum atomic E-state index is 12.2. The monoisotopic (exact) mass is 306 g/mol. The Hall–Kier alpha value is -1.92. The van der Waals surface area contributed by atoms with E-state index in [9.17, 15) is 14.7 Å². The summed E-state index contributed by atoms with van der Waals surface area (Å²) < 4.78 is 4.89. The maximum absolute atomic E-state index is 12.2. The topological polar surface area (TPSA) is 78.9 Å². The molecule has 2 N–H and O–H groups in total. The number of carboxylic acids is 1. The molecular formula is C16H22N2O4. The molecule has 6 nitrogen and oxygen atoms in total. The van der Waals surface area contributed by atoms with Gasteiger partial charge >= 0.3 is 5.97 Å². The van der Waals surface area contributed by atoms with Crippen LogP contribution in [0.3, 0.4) is 0 Å². The van der Waals surface area contributed by atoms with Gasteiger partial charge in [0, 0.05) is 33.3 Å². The Bertz CT molecular complexity index is 506. The molecule has 0 bridgehead atoms. The normalized spacial score (nSPS) is 21.7. The standard InChI is InChI=1S/C16H22N2O4/c1-22-8-7-17-15(19)13-10-18(11-14(13)16(20)21)9-12-5-3-2-4-6-12/h2-6,13-14H,7-11H2,1H3,(H,17,19)(H,20,21). The van der Waals surface area contributed by atoms with Gasteiger partial charge in [-0.25, -0.2) is 0 Å². The summed E-state index contributed by atoms with van der Waals surface area (Å²) in [5.74, 6) is -2.30. The zero-order chi connectivity index (χ0) is 15.9. The number of rotatable bonds is 7. The number of methoxy groups -OCH3 is 1. The van der Waals surface area contributed by atoms with Gasteiger partial charge in [0.05, 0.1) is 18.4 Å². The van der Waals surface area contributed by atoms with Crippen LogP contribution in [0, 0.1) is 11.8 Å². The van der Waals surface area contributed by atoms with E-state index in [2.05, 4.69) is 5.32 Å². The highest BCUT2D eigenvalue weighted by Crippen LogP contribution is 2.25. The van der Waals surface area contributed by atoms with Gasteiger partial charge in [0.15, 0.2) is 0 Å². The van der Waals surface area contributed by atoms with Crippen LogP contribution in [0.2, 0.25) is 0 Å². The average molecular weight is 306 g/mol. The number of nitrogens with one attached hydrogen (secondary N) is 1. The van der Waals surface area contributed by atoms with E-state index in [1.165, 1.54) is 0 Å². The number of likely N-dealkylation sites (tertiary alicyclic amines) is 1. The summed E-state index contributed by atoms with van der Waals surface area (Å²) in [5.41, 5.74) is 1.12. The third kappa shape index (κ3) is 4.29. The number of benzene rings is 1. The number of amides is 1. The quantitative estimate of drug-likeness (QED) is 0.721. The molecule has 1 amide bonds. The van der Waals surface area contributed by atoms with E-state index in [-0.39, 0.29) is 5.91 Å². The predicted molar refractivity (Wildman–Crippen MR) is 81.2 cm³/mol. The summed E-state index contributed by atoms with van der Waals surface area (Å²) in [7, 11) is 1.56. The predicted octanol–water partition coefficient (Wildman–Crippen LogP) is 0.582. The molecule has 2 unspecified atom stereocenters. The molecule has 0 radical (unpaired) electrons. The molecule has 2 rings (SSSR count). The van der Waals surface area contributed by atoms with Gasteiger partial charge in [-0.05, 0) is 5.56 Å². The molecule has 1 aliphatic rings. The SMILES string of the molecule is COCCNC(=O)C1CN(Cc2ccccc2)CC1C(=O)O. The number of hydrogen-bond donors (Lipinski definition) is 2. The second-order valence-electron chi connectivity index (χ2n) is 5.51. The van der Waals surface area contributed by atoms with E-state index in [0.717, 1.165) is 5.56 Å². The lowest BCUT2D eigenvalue weighted by Crippen LogP contribution is -2.38. The van der Waals surface area contributed by atoms with Gasteiger partial charge in [0.1, 0.15) is 0 Å². The highest BCUT2D eigenvalue weighted by Gasteiger charge is 2.41. The fourth-order valence-electron chi connectivity index (χ4n) is 2.78. The number of aliphatic carboxylic acids is 1. The summed E-state index contributed by atoms with van der Waals surface area (Å²) >= 11 is 0. The number of carbonyl (C=O) groups is 2. The maximum Gasteiger partial charge on any atom is 0.308 e. The van der Waals surface area contributed by atoms with Gasteiger partial charge in [0.25, 0.3) is 0 Å². The lowest BCUT2D eigenvalue weighted by Gasteiger charge is -2.15. The van der Waals surface area contributed by atoms with Gasteiger partial charge in [0.2, 0.25) is 5.91 Å². The Balaban J connectivity index is 1.97. The first kappa shape index (κ1) is 16.5. The smallest absolute Gasteiger partial charge is 0.308 e. The number of ether oxygens (including phenoxy) is 1. The lowest BCUT2D eigenvalue weighted by molar-refractivity contribution is -0.145. The van der Waals surface area contributed by atoms with Crippen LogP contribution in [-0.4, -0.2) is 55.2 Å². The summed E-state index contributed by atoms with van der Waals surface area (Å²) in [5, 5.41) is 12.1. The minimum atomic E-state index is -0.914. The third-order valence-corrected chi connectivity index (χ3v) is 3.90. The summed E-state index contributed by atoms with van der Waals surface area (Å²) in [6.45, 7) is 2.34. The lowest BCUT2D eigenvalue weighted by atomic mass is 9.95. The van der Waals surface area contributed by atoms with Crippen molar-refractivity contribution < 1.29 is 19.4 Å². The van der Waals surface area contributed by atoms with Gasteiger partial charge in [-0.1, -0.05) is 30.3 Å². The van der Waals surface area contributed by atoms with Crippen LogP contribution in [0.25, 0.3) is 0 Å². The first-order valence-corrected chi connectivity index (χ1v) is 7.37. The molecule has 22 heavy (non-hydrogen) atoms. The van der Waals surface area contributed by atoms with E-state index in [0.29, 0.717) is 32.8 Å².